The molecular formula is C25H27ClN4O3S2. The molecule has 0 spiro atoms. The zero-order valence-electron chi connectivity index (χ0n) is 19.2. The van der Waals surface area contributed by atoms with E-state index in [4.69, 9.17) is 11.6 Å². The molecule has 1 aromatic heterocycles. The topological polar surface area (TPSA) is 82.6 Å². The van der Waals surface area contributed by atoms with Crippen LogP contribution >= 0.6 is 22.9 Å². The summed E-state index contributed by atoms with van der Waals surface area (Å²) < 4.78 is 27.7. The second kappa shape index (κ2) is 10.4. The fraction of sp³-hybridized carbons (Fsp3) is 0.360. The van der Waals surface area contributed by atoms with Gasteiger partial charge in [0.25, 0.3) is 5.91 Å². The van der Waals surface area contributed by atoms with Gasteiger partial charge < -0.3 is 0 Å². The number of hydrogen-bond acceptors (Lipinski definition) is 6. The standard InChI is InChI=1S/C25H27ClN4O3S2/c26-20-10-9-19(15-23(20)35(32,33)30-12-5-2-6-13-30)24(31)28-25-27-21-11-14-29(17-22(21)34-25)16-18-7-3-1-4-8-18/h1,3-4,7-10,15H,2,5-6,11-14,16-17H2,(H,27,28,31). The summed E-state index contributed by atoms with van der Waals surface area (Å²) >= 11 is 7.72. The third-order valence-corrected chi connectivity index (χ3v) is 9.78. The number of fused-ring (bicyclic) bond motifs is 1. The summed E-state index contributed by atoms with van der Waals surface area (Å²) in [6.45, 7) is 3.52. The van der Waals surface area contributed by atoms with Gasteiger partial charge in [0, 0.05) is 49.6 Å². The van der Waals surface area contributed by atoms with E-state index in [0.717, 1.165) is 55.9 Å². The predicted octanol–water partition coefficient (Wildman–Crippen LogP) is 4.78. The van der Waals surface area contributed by atoms with Crippen molar-refractivity contribution in [3.63, 3.8) is 0 Å². The van der Waals surface area contributed by atoms with E-state index in [2.05, 4.69) is 27.3 Å². The number of amides is 1. The first kappa shape index (κ1) is 24.4. The summed E-state index contributed by atoms with van der Waals surface area (Å²) in [5.41, 5.74) is 2.52. The number of nitrogens with one attached hydrogen (secondary N) is 1. The molecule has 2 aliphatic rings. The van der Waals surface area contributed by atoms with Gasteiger partial charge in [0.05, 0.1) is 10.7 Å². The third kappa shape index (κ3) is 5.44. The van der Waals surface area contributed by atoms with Crippen molar-refractivity contribution < 1.29 is 13.2 Å². The van der Waals surface area contributed by atoms with Gasteiger partial charge in [0.1, 0.15) is 4.90 Å². The van der Waals surface area contributed by atoms with E-state index in [1.807, 2.05) is 18.2 Å². The molecule has 0 unspecified atom stereocenters. The lowest BCUT2D eigenvalue weighted by Crippen LogP contribution is -2.35. The van der Waals surface area contributed by atoms with Crippen molar-refractivity contribution in [3.05, 3.63) is 75.3 Å². The quantitative estimate of drug-likeness (QED) is 0.496. The maximum absolute atomic E-state index is 13.1. The molecule has 1 amide bonds. The molecule has 7 nitrogen and oxygen atoms in total. The van der Waals surface area contributed by atoms with Crippen LogP contribution in [0.5, 0.6) is 0 Å². The largest absolute Gasteiger partial charge is 0.298 e. The van der Waals surface area contributed by atoms with Crippen LogP contribution in [0.15, 0.2) is 53.4 Å². The normalized spacial score (nSPS) is 17.2. The molecule has 1 saturated heterocycles. The molecule has 3 heterocycles. The molecule has 5 rings (SSSR count). The first-order valence-electron chi connectivity index (χ1n) is 11.8. The van der Waals surface area contributed by atoms with Gasteiger partial charge in [-0.25, -0.2) is 13.4 Å². The molecule has 0 atom stereocenters. The van der Waals surface area contributed by atoms with E-state index >= 15 is 0 Å². The maximum Gasteiger partial charge on any atom is 0.257 e. The van der Waals surface area contributed by atoms with E-state index in [9.17, 15) is 13.2 Å². The van der Waals surface area contributed by atoms with Gasteiger partial charge in [0.15, 0.2) is 5.13 Å². The van der Waals surface area contributed by atoms with Crippen LogP contribution in [0.1, 0.15) is 45.8 Å². The minimum Gasteiger partial charge on any atom is -0.298 e. The first-order valence-corrected chi connectivity index (χ1v) is 14.4. The molecule has 184 valence electrons. The van der Waals surface area contributed by atoms with E-state index < -0.39 is 15.9 Å². The number of thiazole rings is 1. The Morgan fingerprint density at radius 3 is 2.60 bits per heavy atom. The second-order valence-electron chi connectivity index (χ2n) is 8.90. The summed E-state index contributed by atoms with van der Waals surface area (Å²) in [6, 6.07) is 14.7. The number of rotatable bonds is 6. The van der Waals surface area contributed by atoms with E-state index in [1.165, 1.54) is 33.3 Å². The van der Waals surface area contributed by atoms with Crippen LogP contribution in [0.25, 0.3) is 0 Å². The minimum absolute atomic E-state index is 0.0243. The molecule has 1 N–H and O–H groups in total. The SMILES string of the molecule is O=C(Nc1nc2c(s1)CN(Cc1ccccc1)CC2)c1ccc(Cl)c(S(=O)(=O)N2CCCCC2)c1. The first-order chi connectivity index (χ1) is 16.9. The van der Waals surface area contributed by atoms with Gasteiger partial charge in [-0.3, -0.25) is 15.0 Å². The summed E-state index contributed by atoms with van der Waals surface area (Å²) in [5.74, 6) is -0.399. The highest BCUT2D eigenvalue weighted by molar-refractivity contribution is 7.89. The Morgan fingerprint density at radius 1 is 1.06 bits per heavy atom. The van der Waals surface area contributed by atoms with Gasteiger partial charge in [-0.2, -0.15) is 4.31 Å². The highest BCUT2D eigenvalue weighted by Gasteiger charge is 2.29. The fourth-order valence-corrected chi connectivity index (χ4v) is 7.60. The molecular weight excluding hydrogens is 504 g/mol. The number of hydrogen-bond donors (Lipinski definition) is 1. The number of aromatic nitrogens is 1. The lowest BCUT2D eigenvalue weighted by Gasteiger charge is -2.26. The number of anilines is 1. The predicted molar refractivity (Wildman–Crippen MR) is 138 cm³/mol. The highest BCUT2D eigenvalue weighted by atomic mass is 35.5. The van der Waals surface area contributed by atoms with Crippen molar-refractivity contribution in [2.75, 3.05) is 25.0 Å². The third-order valence-electron chi connectivity index (χ3n) is 6.41. The molecule has 0 aliphatic carbocycles. The van der Waals surface area contributed by atoms with Crippen LogP contribution in [-0.2, 0) is 29.5 Å². The molecule has 3 aromatic rings. The molecule has 1 fully saturated rings. The fourth-order valence-electron chi connectivity index (χ4n) is 4.53. The Labute approximate surface area is 214 Å². The molecule has 2 aliphatic heterocycles. The summed E-state index contributed by atoms with van der Waals surface area (Å²) in [7, 11) is -3.75. The molecule has 35 heavy (non-hydrogen) atoms. The Balaban J connectivity index is 1.29. The van der Waals surface area contributed by atoms with Crippen LogP contribution < -0.4 is 5.32 Å². The number of sulfonamides is 1. The molecule has 10 heteroatoms. The minimum atomic E-state index is -3.75. The smallest absolute Gasteiger partial charge is 0.257 e. The lowest BCUT2D eigenvalue weighted by atomic mass is 10.1. The Kier molecular flexibility index (Phi) is 7.22. The van der Waals surface area contributed by atoms with Crippen molar-refractivity contribution in [2.45, 2.75) is 43.7 Å². The van der Waals surface area contributed by atoms with Crippen molar-refractivity contribution in [2.24, 2.45) is 0 Å². The van der Waals surface area contributed by atoms with Crippen molar-refractivity contribution in [1.82, 2.24) is 14.2 Å². The van der Waals surface area contributed by atoms with Crippen LogP contribution in [0.2, 0.25) is 5.02 Å². The summed E-state index contributed by atoms with van der Waals surface area (Å²) in [5, 5.41) is 3.50. The average molecular weight is 531 g/mol. The van der Waals surface area contributed by atoms with Crippen LogP contribution in [-0.4, -0.2) is 48.1 Å². The van der Waals surface area contributed by atoms with Crippen molar-refractivity contribution >= 4 is 44.0 Å². The number of nitrogens with zero attached hydrogens (tertiary/aromatic N) is 3. The van der Waals surface area contributed by atoms with Crippen LogP contribution in [0.3, 0.4) is 0 Å². The van der Waals surface area contributed by atoms with Gasteiger partial charge in [0.2, 0.25) is 10.0 Å². The van der Waals surface area contributed by atoms with Gasteiger partial charge in [-0.05, 0) is 36.6 Å². The van der Waals surface area contributed by atoms with E-state index in [-0.39, 0.29) is 15.5 Å². The zero-order valence-corrected chi connectivity index (χ0v) is 21.6. The monoisotopic (exact) mass is 530 g/mol. The van der Waals surface area contributed by atoms with Crippen LogP contribution in [0.4, 0.5) is 5.13 Å². The number of carbonyl (C=O) groups is 1. The average Bonchev–Trinajstić information content (AvgIpc) is 3.27. The maximum atomic E-state index is 13.1. The van der Waals surface area contributed by atoms with Gasteiger partial charge in [-0.1, -0.05) is 48.4 Å². The number of piperidine rings is 1. The molecule has 0 radical (unpaired) electrons. The van der Waals surface area contributed by atoms with Gasteiger partial charge in [-0.15, -0.1) is 11.3 Å². The zero-order chi connectivity index (χ0) is 24.4. The number of halogens is 1. The number of benzene rings is 2. The summed E-state index contributed by atoms with van der Waals surface area (Å²) in [6.07, 6.45) is 3.50. The lowest BCUT2D eigenvalue weighted by molar-refractivity contribution is 0.102. The highest BCUT2D eigenvalue weighted by Crippen LogP contribution is 2.31. The van der Waals surface area contributed by atoms with E-state index in [1.54, 1.807) is 6.07 Å². The molecule has 2 aromatic carbocycles. The Morgan fingerprint density at radius 2 is 1.83 bits per heavy atom. The summed E-state index contributed by atoms with van der Waals surface area (Å²) in [4.78, 5) is 21.1. The Hall–Kier alpha value is -2.30. The van der Waals surface area contributed by atoms with Gasteiger partial charge >= 0.3 is 0 Å². The van der Waals surface area contributed by atoms with Crippen LogP contribution in [0, 0.1) is 0 Å². The molecule has 0 saturated carbocycles. The second-order valence-corrected chi connectivity index (χ2v) is 12.3. The number of carbonyl (C=O) groups excluding carboxylic acids is 1. The molecule has 0 bridgehead atoms. The van der Waals surface area contributed by atoms with E-state index in [0.29, 0.717) is 18.2 Å². The Bertz CT molecular complexity index is 1320. The van der Waals surface area contributed by atoms with Crippen molar-refractivity contribution in [1.29, 1.82) is 0 Å². The van der Waals surface area contributed by atoms with Crippen molar-refractivity contribution in [3.8, 4) is 0 Å².